The summed E-state index contributed by atoms with van der Waals surface area (Å²) in [4.78, 5) is 0. The molecule has 0 unspecified atom stereocenters. The van der Waals surface area contributed by atoms with Crippen molar-refractivity contribution in [2.45, 2.75) is 26.0 Å². The molecule has 1 heteroatoms. The molecule has 1 saturated carbocycles. The van der Waals surface area contributed by atoms with Crippen molar-refractivity contribution >= 4 is 7.28 Å². The van der Waals surface area contributed by atoms with Gasteiger partial charge in [-0.1, -0.05) is 26.0 Å². The number of hydrogen-bond donors (Lipinski definition) is 0. The molecule has 0 N–H and O–H groups in total. The molecule has 0 saturated heterocycles. The van der Waals surface area contributed by atoms with Crippen LogP contribution in [0, 0.1) is 5.92 Å². The van der Waals surface area contributed by atoms with Gasteiger partial charge in [0, 0.05) is 0 Å². The van der Waals surface area contributed by atoms with Crippen molar-refractivity contribution in [2.75, 3.05) is 0 Å². The lowest BCUT2D eigenvalue weighted by molar-refractivity contribution is 0.971. The van der Waals surface area contributed by atoms with E-state index in [1.807, 2.05) is 0 Å². The van der Waals surface area contributed by atoms with E-state index >= 15 is 0 Å². The molecule has 1 fully saturated rings. The zero-order valence-electron chi connectivity index (χ0n) is 4.28. The van der Waals surface area contributed by atoms with Crippen LogP contribution in [0.2, 0.25) is 13.1 Å². The Morgan fingerprint density at radius 2 is 2.33 bits per heavy atom. The van der Waals surface area contributed by atoms with Crippen LogP contribution in [0.1, 0.15) is 12.8 Å². The molecule has 6 heavy (non-hydrogen) atoms. The molecule has 1 radical (unpaired) electrons. The zero-order valence-corrected chi connectivity index (χ0v) is 4.28. The molecule has 0 aromatic heterocycles. The third-order valence-electron chi connectivity index (χ3n) is 1.27. The third kappa shape index (κ3) is 1.04. The van der Waals surface area contributed by atoms with Gasteiger partial charge in [0.25, 0.3) is 0 Å². The van der Waals surface area contributed by atoms with Gasteiger partial charge in [0.15, 0.2) is 0 Å². The van der Waals surface area contributed by atoms with Crippen molar-refractivity contribution in [3.8, 4) is 0 Å². The molecular weight excluding hydrogens is 70.9 g/mol. The van der Waals surface area contributed by atoms with Crippen molar-refractivity contribution < 1.29 is 0 Å². The molecular formula is C5H10B. The van der Waals surface area contributed by atoms with Crippen LogP contribution in [0.4, 0.5) is 0 Å². The lowest BCUT2D eigenvalue weighted by Crippen LogP contribution is -1.79. The molecule has 0 amide bonds. The summed E-state index contributed by atoms with van der Waals surface area (Å²) in [5.41, 5.74) is 0. The summed E-state index contributed by atoms with van der Waals surface area (Å²) in [6, 6.07) is 0. The van der Waals surface area contributed by atoms with Crippen molar-refractivity contribution in [1.29, 1.82) is 0 Å². The Hall–Kier alpha value is 0.0649. The Kier molecular flexibility index (Phi) is 1.18. The van der Waals surface area contributed by atoms with Gasteiger partial charge in [-0.05, 0) is 5.92 Å². The van der Waals surface area contributed by atoms with Crippen LogP contribution < -0.4 is 0 Å². The van der Waals surface area contributed by atoms with Crippen LogP contribution >= 0.6 is 0 Å². The highest BCUT2D eigenvalue weighted by atomic mass is 14.2. The minimum atomic E-state index is 1.09. The van der Waals surface area contributed by atoms with Crippen LogP contribution in [0.25, 0.3) is 0 Å². The summed E-state index contributed by atoms with van der Waals surface area (Å²) in [5.74, 6) is 1.09. The second kappa shape index (κ2) is 1.68. The van der Waals surface area contributed by atoms with Gasteiger partial charge >= 0.3 is 0 Å². The number of hydrogen-bond acceptors (Lipinski definition) is 0. The molecule has 0 atom stereocenters. The summed E-state index contributed by atoms with van der Waals surface area (Å²) in [6.45, 7) is 2.14. The number of rotatable bonds is 2. The van der Waals surface area contributed by atoms with E-state index in [1.54, 1.807) is 0 Å². The van der Waals surface area contributed by atoms with Crippen LogP contribution in [0.5, 0.6) is 0 Å². The smallest absolute Gasteiger partial charge is 0.0920 e. The first kappa shape index (κ1) is 4.23. The highest BCUT2D eigenvalue weighted by Crippen LogP contribution is 2.32. The average molecular weight is 80.9 g/mol. The van der Waals surface area contributed by atoms with E-state index in [2.05, 4.69) is 14.1 Å². The fraction of sp³-hybridized carbons (Fsp3) is 1.00. The predicted octanol–water partition coefficient (Wildman–Crippen LogP) is 1.57. The van der Waals surface area contributed by atoms with Crippen molar-refractivity contribution in [3.05, 3.63) is 0 Å². The lowest BCUT2D eigenvalue weighted by Gasteiger charge is -1.80. The van der Waals surface area contributed by atoms with Crippen molar-refractivity contribution in [2.24, 2.45) is 5.92 Å². The van der Waals surface area contributed by atoms with E-state index in [-0.39, 0.29) is 0 Å². The normalized spacial score (nSPS) is 20.8. The highest BCUT2D eigenvalue weighted by molar-refractivity contribution is 6.33. The van der Waals surface area contributed by atoms with Crippen molar-refractivity contribution in [3.63, 3.8) is 0 Å². The minimum absolute atomic E-state index is 1.09. The monoisotopic (exact) mass is 81.1 g/mol. The van der Waals surface area contributed by atoms with Gasteiger partial charge in [0.05, 0.1) is 0 Å². The molecule has 1 aliphatic carbocycles. The first-order valence-electron chi connectivity index (χ1n) is 2.71. The van der Waals surface area contributed by atoms with Gasteiger partial charge < -0.3 is 0 Å². The van der Waals surface area contributed by atoms with Gasteiger partial charge in [-0.2, -0.15) is 0 Å². The summed E-state index contributed by atoms with van der Waals surface area (Å²) < 4.78 is 0. The van der Waals surface area contributed by atoms with Gasteiger partial charge in [0.1, 0.15) is 7.28 Å². The SMILES string of the molecule is C[B]CC1CC1. The van der Waals surface area contributed by atoms with Crippen LogP contribution in [0.3, 0.4) is 0 Å². The predicted molar refractivity (Wildman–Crippen MR) is 29.1 cm³/mol. The molecule has 0 nitrogen and oxygen atoms in total. The zero-order chi connectivity index (χ0) is 4.41. The molecule has 0 aliphatic heterocycles. The van der Waals surface area contributed by atoms with E-state index in [9.17, 15) is 0 Å². The summed E-state index contributed by atoms with van der Waals surface area (Å²) in [7, 11) is 2.26. The fourth-order valence-electron chi connectivity index (χ4n) is 0.687. The minimum Gasteiger partial charge on any atom is -0.0920 e. The van der Waals surface area contributed by atoms with Gasteiger partial charge in [0.2, 0.25) is 0 Å². The first-order valence-corrected chi connectivity index (χ1v) is 2.71. The molecule has 1 aliphatic rings. The maximum absolute atomic E-state index is 2.26. The molecule has 0 aromatic carbocycles. The van der Waals surface area contributed by atoms with Gasteiger partial charge in [-0.25, -0.2) is 0 Å². The molecule has 0 bridgehead atoms. The summed E-state index contributed by atoms with van der Waals surface area (Å²) in [6.07, 6.45) is 4.34. The molecule has 33 valence electrons. The molecule has 0 heterocycles. The molecule has 0 aromatic rings. The summed E-state index contributed by atoms with van der Waals surface area (Å²) in [5, 5.41) is 0. The first-order chi connectivity index (χ1) is 2.93. The van der Waals surface area contributed by atoms with Crippen LogP contribution in [-0.2, 0) is 0 Å². The van der Waals surface area contributed by atoms with E-state index in [0.29, 0.717) is 0 Å². The average Bonchev–Trinajstić information content (AvgIpc) is 2.21. The Morgan fingerprint density at radius 1 is 1.67 bits per heavy atom. The Morgan fingerprint density at radius 3 is 2.50 bits per heavy atom. The van der Waals surface area contributed by atoms with E-state index in [1.165, 1.54) is 19.2 Å². The van der Waals surface area contributed by atoms with Crippen molar-refractivity contribution in [1.82, 2.24) is 0 Å². The Balaban J connectivity index is 1.88. The second-order valence-corrected chi connectivity index (χ2v) is 2.09. The molecule has 0 spiro atoms. The maximum Gasteiger partial charge on any atom is 0.106 e. The van der Waals surface area contributed by atoms with E-state index < -0.39 is 0 Å². The summed E-state index contributed by atoms with van der Waals surface area (Å²) >= 11 is 0. The van der Waals surface area contributed by atoms with E-state index in [0.717, 1.165) is 5.92 Å². The van der Waals surface area contributed by atoms with Crippen LogP contribution in [0.15, 0.2) is 0 Å². The van der Waals surface area contributed by atoms with E-state index in [4.69, 9.17) is 0 Å². The highest BCUT2D eigenvalue weighted by Gasteiger charge is 2.18. The fourth-order valence-corrected chi connectivity index (χ4v) is 0.687. The third-order valence-corrected chi connectivity index (χ3v) is 1.27. The second-order valence-electron chi connectivity index (χ2n) is 2.09. The van der Waals surface area contributed by atoms with Gasteiger partial charge in [-0.3, -0.25) is 0 Å². The largest absolute Gasteiger partial charge is 0.106 e. The Labute approximate surface area is 40.2 Å². The van der Waals surface area contributed by atoms with Crippen LogP contribution in [-0.4, -0.2) is 7.28 Å². The lowest BCUT2D eigenvalue weighted by atomic mass is 9.76. The standard InChI is InChI=1S/C5H10B/c1-6-4-5-2-3-5/h5H,2-4H2,1H3. The Bertz CT molecular complexity index is 39.2. The maximum atomic E-state index is 2.26. The molecule has 1 rings (SSSR count). The quantitative estimate of drug-likeness (QED) is 0.442. The topological polar surface area (TPSA) is 0 Å². The van der Waals surface area contributed by atoms with Gasteiger partial charge in [-0.15, -0.1) is 0 Å².